The van der Waals surface area contributed by atoms with Crippen LogP contribution < -0.4 is 10.6 Å². The molecule has 0 aliphatic heterocycles. The zero-order valence-electron chi connectivity index (χ0n) is 10.7. The van der Waals surface area contributed by atoms with Crippen LogP contribution in [0.15, 0.2) is 0 Å². The SMILES string of the molecule is CNC(=O)C(C)(C)CNC(C1CC1)C1CC1. The number of carbonyl (C=O) groups is 1. The van der Waals surface area contributed by atoms with E-state index < -0.39 is 0 Å². The molecule has 0 aromatic carbocycles. The molecular formula is C13H24N2O. The Hall–Kier alpha value is -0.570. The Balaban J connectivity index is 1.82. The van der Waals surface area contributed by atoms with E-state index in [0.717, 1.165) is 18.4 Å². The second-order valence-electron chi connectivity index (χ2n) is 6.04. The van der Waals surface area contributed by atoms with Gasteiger partial charge in [0.2, 0.25) is 5.91 Å². The van der Waals surface area contributed by atoms with E-state index in [4.69, 9.17) is 0 Å². The highest BCUT2D eigenvalue weighted by Crippen LogP contribution is 2.44. The van der Waals surface area contributed by atoms with Crippen molar-refractivity contribution in [3.05, 3.63) is 0 Å². The summed E-state index contributed by atoms with van der Waals surface area (Å²) in [6.45, 7) is 4.82. The predicted octanol–water partition coefficient (Wildman–Crippen LogP) is 1.54. The summed E-state index contributed by atoms with van der Waals surface area (Å²) in [4.78, 5) is 11.7. The zero-order valence-corrected chi connectivity index (χ0v) is 10.7. The van der Waals surface area contributed by atoms with Crippen molar-refractivity contribution >= 4 is 5.91 Å². The molecule has 0 heterocycles. The van der Waals surface area contributed by atoms with Gasteiger partial charge in [0.25, 0.3) is 0 Å². The average molecular weight is 224 g/mol. The van der Waals surface area contributed by atoms with Crippen LogP contribution in [0.5, 0.6) is 0 Å². The average Bonchev–Trinajstić information content (AvgIpc) is 3.08. The molecular weight excluding hydrogens is 200 g/mol. The topological polar surface area (TPSA) is 41.1 Å². The lowest BCUT2D eigenvalue weighted by Crippen LogP contribution is -2.46. The zero-order chi connectivity index (χ0) is 11.8. The smallest absolute Gasteiger partial charge is 0.226 e. The van der Waals surface area contributed by atoms with Crippen LogP contribution in [0.4, 0.5) is 0 Å². The first-order chi connectivity index (χ1) is 7.54. The molecule has 2 fully saturated rings. The van der Waals surface area contributed by atoms with E-state index in [1.807, 2.05) is 13.8 Å². The fourth-order valence-electron chi connectivity index (χ4n) is 2.42. The highest BCUT2D eigenvalue weighted by molar-refractivity contribution is 5.81. The monoisotopic (exact) mass is 224 g/mol. The van der Waals surface area contributed by atoms with E-state index in [9.17, 15) is 4.79 Å². The van der Waals surface area contributed by atoms with Crippen LogP contribution in [0.3, 0.4) is 0 Å². The molecule has 2 N–H and O–H groups in total. The van der Waals surface area contributed by atoms with E-state index in [-0.39, 0.29) is 11.3 Å². The fraction of sp³-hybridized carbons (Fsp3) is 0.923. The van der Waals surface area contributed by atoms with Crippen LogP contribution in [0.25, 0.3) is 0 Å². The third-order valence-corrected chi connectivity index (χ3v) is 3.88. The van der Waals surface area contributed by atoms with Crippen molar-refractivity contribution in [3.8, 4) is 0 Å². The molecule has 0 saturated heterocycles. The van der Waals surface area contributed by atoms with Crippen LogP contribution in [0.2, 0.25) is 0 Å². The quantitative estimate of drug-likeness (QED) is 0.718. The Labute approximate surface area is 98.4 Å². The van der Waals surface area contributed by atoms with Crippen LogP contribution in [-0.4, -0.2) is 25.5 Å². The minimum Gasteiger partial charge on any atom is -0.359 e. The summed E-state index contributed by atoms with van der Waals surface area (Å²) >= 11 is 0. The standard InChI is InChI=1S/C13H24N2O/c1-13(2,12(16)14-3)8-15-11(9-4-5-9)10-6-7-10/h9-11,15H,4-8H2,1-3H3,(H,14,16). The number of hydrogen-bond acceptors (Lipinski definition) is 2. The molecule has 0 atom stereocenters. The highest BCUT2D eigenvalue weighted by Gasteiger charge is 2.42. The molecule has 0 radical (unpaired) electrons. The summed E-state index contributed by atoms with van der Waals surface area (Å²) in [6, 6.07) is 0.684. The molecule has 0 unspecified atom stereocenters. The summed E-state index contributed by atoms with van der Waals surface area (Å²) in [6.07, 6.45) is 5.53. The Morgan fingerprint density at radius 3 is 2.12 bits per heavy atom. The van der Waals surface area contributed by atoms with Crippen molar-refractivity contribution in [2.75, 3.05) is 13.6 Å². The number of hydrogen-bond donors (Lipinski definition) is 2. The Bertz CT molecular complexity index is 255. The van der Waals surface area contributed by atoms with Gasteiger partial charge in [-0.15, -0.1) is 0 Å². The highest BCUT2D eigenvalue weighted by atomic mass is 16.2. The molecule has 16 heavy (non-hydrogen) atoms. The number of rotatable bonds is 6. The van der Waals surface area contributed by atoms with E-state index in [1.54, 1.807) is 7.05 Å². The predicted molar refractivity (Wildman–Crippen MR) is 65.1 cm³/mol. The summed E-state index contributed by atoms with van der Waals surface area (Å²) in [5.41, 5.74) is -0.295. The molecule has 3 heteroatoms. The van der Waals surface area contributed by atoms with Crippen molar-refractivity contribution in [1.82, 2.24) is 10.6 Å². The number of nitrogens with one attached hydrogen (secondary N) is 2. The van der Waals surface area contributed by atoms with Crippen molar-refractivity contribution in [1.29, 1.82) is 0 Å². The summed E-state index contributed by atoms with van der Waals surface area (Å²) in [5, 5.41) is 6.38. The normalized spacial score (nSPS) is 21.2. The van der Waals surface area contributed by atoms with Crippen LogP contribution >= 0.6 is 0 Å². The molecule has 2 saturated carbocycles. The molecule has 2 aliphatic rings. The third-order valence-electron chi connectivity index (χ3n) is 3.88. The first kappa shape index (κ1) is 11.9. The van der Waals surface area contributed by atoms with Crippen molar-refractivity contribution in [2.45, 2.75) is 45.6 Å². The lowest BCUT2D eigenvalue weighted by molar-refractivity contribution is -0.128. The van der Waals surface area contributed by atoms with Crippen molar-refractivity contribution < 1.29 is 4.79 Å². The summed E-state index contributed by atoms with van der Waals surface area (Å²) in [5.74, 6) is 1.92. The van der Waals surface area contributed by atoms with Gasteiger partial charge < -0.3 is 10.6 Å². The molecule has 0 aromatic heterocycles. The van der Waals surface area contributed by atoms with Gasteiger partial charge in [-0.2, -0.15) is 0 Å². The largest absolute Gasteiger partial charge is 0.359 e. The minimum atomic E-state index is -0.295. The number of amides is 1. The van der Waals surface area contributed by atoms with E-state index in [2.05, 4.69) is 10.6 Å². The van der Waals surface area contributed by atoms with E-state index in [0.29, 0.717) is 6.04 Å². The second kappa shape index (κ2) is 4.36. The molecule has 2 aliphatic carbocycles. The van der Waals surface area contributed by atoms with Gasteiger partial charge >= 0.3 is 0 Å². The summed E-state index contributed by atoms with van der Waals surface area (Å²) < 4.78 is 0. The summed E-state index contributed by atoms with van der Waals surface area (Å²) in [7, 11) is 1.71. The molecule has 2 rings (SSSR count). The Morgan fingerprint density at radius 2 is 1.75 bits per heavy atom. The lowest BCUT2D eigenvalue weighted by Gasteiger charge is -2.27. The van der Waals surface area contributed by atoms with Gasteiger partial charge in [0.15, 0.2) is 0 Å². The molecule has 1 amide bonds. The van der Waals surface area contributed by atoms with Gasteiger partial charge in [-0.05, 0) is 51.4 Å². The van der Waals surface area contributed by atoms with Gasteiger partial charge in [-0.1, -0.05) is 0 Å². The number of carbonyl (C=O) groups excluding carboxylic acids is 1. The maximum atomic E-state index is 11.7. The molecule has 0 spiro atoms. The van der Waals surface area contributed by atoms with E-state index in [1.165, 1.54) is 25.7 Å². The van der Waals surface area contributed by atoms with E-state index >= 15 is 0 Å². The van der Waals surface area contributed by atoms with Gasteiger partial charge in [-0.25, -0.2) is 0 Å². The minimum absolute atomic E-state index is 0.130. The molecule has 3 nitrogen and oxygen atoms in total. The van der Waals surface area contributed by atoms with Gasteiger partial charge in [-0.3, -0.25) is 4.79 Å². The molecule has 0 bridgehead atoms. The fourth-order valence-corrected chi connectivity index (χ4v) is 2.42. The van der Waals surface area contributed by atoms with Crippen molar-refractivity contribution in [3.63, 3.8) is 0 Å². The third kappa shape index (κ3) is 2.76. The molecule has 92 valence electrons. The maximum Gasteiger partial charge on any atom is 0.226 e. The lowest BCUT2D eigenvalue weighted by atomic mass is 9.91. The first-order valence-electron chi connectivity index (χ1n) is 6.50. The van der Waals surface area contributed by atoms with Gasteiger partial charge in [0.1, 0.15) is 0 Å². The first-order valence-corrected chi connectivity index (χ1v) is 6.50. The second-order valence-corrected chi connectivity index (χ2v) is 6.04. The van der Waals surface area contributed by atoms with Gasteiger partial charge in [0.05, 0.1) is 5.41 Å². The van der Waals surface area contributed by atoms with Crippen LogP contribution in [0.1, 0.15) is 39.5 Å². The van der Waals surface area contributed by atoms with Crippen molar-refractivity contribution in [2.24, 2.45) is 17.3 Å². The Kier molecular flexibility index (Phi) is 3.24. The van der Waals surface area contributed by atoms with Gasteiger partial charge in [0, 0.05) is 19.6 Å². The Morgan fingerprint density at radius 1 is 1.25 bits per heavy atom. The molecule has 0 aromatic rings. The van der Waals surface area contributed by atoms with Crippen LogP contribution in [0, 0.1) is 17.3 Å². The van der Waals surface area contributed by atoms with Crippen LogP contribution in [-0.2, 0) is 4.79 Å². The maximum absolute atomic E-state index is 11.7.